The van der Waals surface area contributed by atoms with Gasteiger partial charge in [0.25, 0.3) is 0 Å². The lowest BCUT2D eigenvalue weighted by Crippen LogP contribution is -2.44. The molecule has 4 heteroatoms. The predicted molar refractivity (Wildman–Crippen MR) is 69.1 cm³/mol. The second kappa shape index (κ2) is 4.06. The second-order valence-electron chi connectivity index (χ2n) is 4.87. The molecule has 2 unspecified atom stereocenters. The van der Waals surface area contributed by atoms with Gasteiger partial charge in [0.15, 0.2) is 0 Å². The molecule has 2 aliphatic rings. The molecule has 3 rings (SSSR count). The standard InChI is InChI=1S/C12H18BrN3/c1-2-15-6-5-14-12(15)16-10-3-4-11(16)8-9(13)7-10/h5-6,9-11H,2-4,7-8H2,1H3. The van der Waals surface area contributed by atoms with Gasteiger partial charge < -0.3 is 9.47 Å². The lowest BCUT2D eigenvalue weighted by Gasteiger charge is -2.38. The first-order valence-electron chi connectivity index (χ1n) is 6.23. The largest absolute Gasteiger partial charge is 0.336 e. The molecule has 16 heavy (non-hydrogen) atoms. The molecule has 0 saturated carbocycles. The molecular weight excluding hydrogens is 266 g/mol. The van der Waals surface area contributed by atoms with Gasteiger partial charge in [-0.15, -0.1) is 0 Å². The van der Waals surface area contributed by atoms with Crippen LogP contribution in [-0.2, 0) is 6.54 Å². The van der Waals surface area contributed by atoms with Gasteiger partial charge in [0.1, 0.15) is 0 Å². The maximum Gasteiger partial charge on any atom is 0.205 e. The summed E-state index contributed by atoms with van der Waals surface area (Å²) in [6.45, 7) is 3.20. The van der Waals surface area contributed by atoms with Crippen LogP contribution in [0.5, 0.6) is 0 Å². The van der Waals surface area contributed by atoms with Crippen molar-refractivity contribution >= 4 is 21.9 Å². The number of aryl methyl sites for hydroxylation is 1. The number of aromatic nitrogens is 2. The SMILES string of the molecule is CCn1ccnc1N1C2CCC1CC(Br)C2. The lowest BCUT2D eigenvalue weighted by molar-refractivity contribution is 0.467. The molecule has 0 aromatic carbocycles. The van der Waals surface area contributed by atoms with Crippen molar-refractivity contribution in [3.8, 4) is 0 Å². The van der Waals surface area contributed by atoms with Crippen LogP contribution in [0.3, 0.4) is 0 Å². The summed E-state index contributed by atoms with van der Waals surface area (Å²) >= 11 is 3.78. The molecule has 0 aliphatic carbocycles. The maximum absolute atomic E-state index is 4.55. The van der Waals surface area contributed by atoms with Crippen molar-refractivity contribution in [1.29, 1.82) is 0 Å². The Kier molecular flexibility index (Phi) is 2.70. The van der Waals surface area contributed by atoms with Crippen molar-refractivity contribution in [3.63, 3.8) is 0 Å². The Labute approximate surface area is 105 Å². The maximum atomic E-state index is 4.55. The van der Waals surface area contributed by atoms with Crippen molar-refractivity contribution in [2.24, 2.45) is 0 Å². The first-order chi connectivity index (χ1) is 7.79. The first kappa shape index (κ1) is 10.6. The fourth-order valence-electron chi connectivity index (χ4n) is 3.22. The Morgan fingerprint density at radius 3 is 2.69 bits per heavy atom. The van der Waals surface area contributed by atoms with E-state index >= 15 is 0 Å². The number of hydrogen-bond donors (Lipinski definition) is 0. The Bertz CT molecular complexity index is 362. The highest BCUT2D eigenvalue weighted by atomic mass is 79.9. The molecule has 0 N–H and O–H groups in total. The van der Waals surface area contributed by atoms with Gasteiger partial charge in [-0.25, -0.2) is 4.98 Å². The van der Waals surface area contributed by atoms with Crippen molar-refractivity contribution < 1.29 is 0 Å². The van der Waals surface area contributed by atoms with Gasteiger partial charge in [-0.1, -0.05) is 15.9 Å². The van der Waals surface area contributed by atoms with E-state index in [0.29, 0.717) is 16.9 Å². The van der Waals surface area contributed by atoms with Crippen LogP contribution in [0.25, 0.3) is 0 Å². The van der Waals surface area contributed by atoms with Gasteiger partial charge in [0.2, 0.25) is 5.95 Å². The van der Waals surface area contributed by atoms with Gasteiger partial charge in [-0.2, -0.15) is 0 Å². The van der Waals surface area contributed by atoms with Crippen LogP contribution in [-0.4, -0.2) is 26.5 Å². The highest BCUT2D eigenvalue weighted by Gasteiger charge is 2.41. The number of anilines is 1. The summed E-state index contributed by atoms with van der Waals surface area (Å²) in [5, 5.41) is 0. The zero-order chi connectivity index (χ0) is 11.1. The van der Waals surface area contributed by atoms with Crippen LogP contribution in [0.2, 0.25) is 0 Å². The minimum atomic E-state index is 0.704. The molecule has 2 fully saturated rings. The highest BCUT2D eigenvalue weighted by Crippen LogP contribution is 2.40. The second-order valence-corrected chi connectivity index (χ2v) is 6.17. The summed E-state index contributed by atoms with van der Waals surface area (Å²) in [5.74, 6) is 1.19. The molecule has 88 valence electrons. The average molecular weight is 284 g/mol. The van der Waals surface area contributed by atoms with E-state index in [2.05, 4.69) is 43.5 Å². The summed E-state index contributed by atoms with van der Waals surface area (Å²) in [4.78, 5) is 7.83. The molecule has 3 nitrogen and oxygen atoms in total. The smallest absolute Gasteiger partial charge is 0.205 e. The normalized spacial score (nSPS) is 33.4. The Hall–Kier alpha value is -0.510. The molecule has 0 amide bonds. The number of piperidine rings is 1. The molecule has 2 atom stereocenters. The number of alkyl halides is 1. The fourth-order valence-corrected chi connectivity index (χ4v) is 4.08. The van der Waals surface area contributed by atoms with Gasteiger partial charge >= 0.3 is 0 Å². The Balaban J connectivity index is 1.91. The number of halogens is 1. The molecule has 2 aliphatic heterocycles. The third-order valence-corrected chi connectivity index (χ3v) is 4.69. The average Bonchev–Trinajstić information content (AvgIpc) is 2.81. The molecule has 3 heterocycles. The van der Waals surface area contributed by atoms with E-state index in [9.17, 15) is 0 Å². The molecule has 2 bridgehead atoms. The first-order valence-corrected chi connectivity index (χ1v) is 7.14. The monoisotopic (exact) mass is 283 g/mol. The van der Waals surface area contributed by atoms with E-state index in [1.54, 1.807) is 0 Å². The molecule has 1 aromatic rings. The fraction of sp³-hybridized carbons (Fsp3) is 0.750. The predicted octanol–water partition coefficient (Wildman–Crippen LogP) is 2.80. The van der Waals surface area contributed by atoms with Crippen LogP contribution in [0.15, 0.2) is 12.4 Å². The zero-order valence-corrected chi connectivity index (χ0v) is 11.2. The minimum absolute atomic E-state index is 0.704. The van der Waals surface area contributed by atoms with Crippen molar-refractivity contribution in [3.05, 3.63) is 12.4 Å². The van der Waals surface area contributed by atoms with E-state index in [4.69, 9.17) is 0 Å². The van der Waals surface area contributed by atoms with Gasteiger partial charge in [-0.3, -0.25) is 0 Å². The van der Waals surface area contributed by atoms with Crippen molar-refractivity contribution in [2.45, 2.75) is 56.1 Å². The number of hydrogen-bond acceptors (Lipinski definition) is 2. The Morgan fingerprint density at radius 2 is 2.06 bits per heavy atom. The van der Waals surface area contributed by atoms with E-state index in [0.717, 1.165) is 6.54 Å². The number of rotatable bonds is 2. The van der Waals surface area contributed by atoms with Crippen LogP contribution >= 0.6 is 15.9 Å². The lowest BCUT2D eigenvalue weighted by atomic mass is 10.0. The van der Waals surface area contributed by atoms with Crippen LogP contribution in [0, 0.1) is 0 Å². The van der Waals surface area contributed by atoms with Crippen LogP contribution in [0.4, 0.5) is 5.95 Å². The van der Waals surface area contributed by atoms with Crippen molar-refractivity contribution in [1.82, 2.24) is 9.55 Å². The number of nitrogens with zero attached hydrogens (tertiary/aromatic N) is 3. The van der Waals surface area contributed by atoms with E-state index in [1.165, 1.54) is 31.6 Å². The number of fused-ring (bicyclic) bond motifs is 2. The molecular formula is C12H18BrN3. The molecule has 1 aromatic heterocycles. The summed E-state index contributed by atoms with van der Waals surface area (Å²) in [6, 6.07) is 1.41. The van der Waals surface area contributed by atoms with Gasteiger partial charge in [0, 0.05) is 35.8 Å². The summed E-state index contributed by atoms with van der Waals surface area (Å²) in [6.07, 6.45) is 9.24. The van der Waals surface area contributed by atoms with Crippen molar-refractivity contribution in [2.75, 3.05) is 4.90 Å². The van der Waals surface area contributed by atoms with E-state index in [1.807, 2.05) is 6.20 Å². The summed E-state index contributed by atoms with van der Waals surface area (Å²) in [5.41, 5.74) is 0. The summed E-state index contributed by atoms with van der Waals surface area (Å²) in [7, 11) is 0. The quantitative estimate of drug-likeness (QED) is 0.779. The van der Waals surface area contributed by atoms with Gasteiger partial charge in [-0.05, 0) is 32.6 Å². The highest BCUT2D eigenvalue weighted by molar-refractivity contribution is 9.09. The van der Waals surface area contributed by atoms with E-state index in [-0.39, 0.29) is 0 Å². The third-order valence-electron chi connectivity index (χ3n) is 3.94. The zero-order valence-electron chi connectivity index (χ0n) is 9.64. The molecule has 2 saturated heterocycles. The van der Waals surface area contributed by atoms with Gasteiger partial charge in [0.05, 0.1) is 0 Å². The third kappa shape index (κ3) is 1.58. The van der Waals surface area contributed by atoms with Crippen LogP contribution < -0.4 is 4.90 Å². The molecule has 0 radical (unpaired) electrons. The molecule has 0 spiro atoms. The van der Waals surface area contributed by atoms with Crippen LogP contribution in [0.1, 0.15) is 32.6 Å². The number of imidazole rings is 1. The summed E-state index contributed by atoms with van der Waals surface area (Å²) < 4.78 is 2.26. The Morgan fingerprint density at radius 1 is 1.38 bits per heavy atom. The topological polar surface area (TPSA) is 21.1 Å². The van der Waals surface area contributed by atoms with E-state index < -0.39 is 0 Å². The minimum Gasteiger partial charge on any atom is -0.336 e.